The number of thiophene rings is 1. The minimum atomic E-state index is -0.801. The molecule has 1 amide bonds. The zero-order valence-electron chi connectivity index (χ0n) is 16.2. The van der Waals surface area contributed by atoms with E-state index in [4.69, 9.17) is 27.9 Å². The van der Waals surface area contributed by atoms with Crippen LogP contribution in [0.15, 0.2) is 59.6 Å². The minimum Gasteiger partial charge on any atom is -0.507 e. The lowest BCUT2D eigenvalue weighted by atomic mass is 9.99. The van der Waals surface area contributed by atoms with Crippen LogP contribution in [-0.4, -0.2) is 33.8 Å². The second-order valence-electron chi connectivity index (χ2n) is 6.73. The van der Waals surface area contributed by atoms with Crippen molar-refractivity contribution in [1.29, 1.82) is 0 Å². The molecule has 1 fully saturated rings. The first kappa shape index (κ1) is 21.4. The fourth-order valence-corrected chi connectivity index (χ4v) is 4.96. The van der Waals surface area contributed by atoms with Gasteiger partial charge in [-0.05, 0) is 35.7 Å². The Labute approximate surface area is 192 Å². The number of aliphatic hydroxyl groups excluding tert-OH is 1. The lowest BCUT2D eigenvalue weighted by Crippen LogP contribution is -2.29. The van der Waals surface area contributed by atoms with Crippen molar-refractivity contribution in [2.45, 2.75) is 12.6 Å². The Morgan fingerprint density at radius 3 is 2.68 bits per heavy atom. The van der Waals surface area contributed by atoms with Gasteiger partial charge in [-0.2, -0.15) is 0 Å². The van der Waals surface area contributed by atoms with Gasteiger partial charge >= 0.3 is 0 Å². The average Bonchev–Trinajstić information content (AvgIpc) is 3.36. The largest absolute Gasteiger partial charge is 0.507 e. The van der Waals surface area contributed by atoms with Crippen LogP contribution in [0.5, 0.6) is 5.75 Å². The number of Topliss-reactive ketones (excluding diaryl/α,β-unsaturated/α-hetero) is 1. The molecule has 3 heterocycles. The van der Waals surface area contributed by atoms with Crippen molar-refractivity contribution in [3.8, 4) is 5.75 Å². The van der Waals surface area contributed by atoms with Crippen LogP contribution in [0, 0.1) is 0 Å². The van der Waals surface area contributed by atoms with E-state index in [-0.39, 0.29) is 33.5 Å². The highest BCUT2D eigenvalue weighted by Gasteiger charge is 2.47. The molecule has 0 radical (unpaired) electrons. The van der Waals surface area contributed by atoms with Crippen LogP contribution in [0.2, 0.25) is 10.0 Å². The number of halogens is 2. The molecule has 3 aromatic rings. The number of likely N-dealkylation sites (tertiary alicyclic amines) is 1. The Hall–Kier alpha value is -2.87. The molecule has 1 atom stereocenters. The molecule has 0 aliphatic carbocycles. The SMILES string of the molecule is COc1c(Cl)cc(Cl)cc1/C(O)=C1/C(=O)C(=O)N(Cc2ccccn2)C1c1cccs1. The van der Waals surface area contributed by atoms with Gasteiger partial charge in [-0.25, -0.2) is 0 Å². The lowest BCUT2D eigenvalue weighted by Gasteiger charge is -2.24. The summed E-state index contributed by atoms with van der Waals surface area (Å²) >= 11 is 13.7. The number of carbonyl (C=O) groups excluding carboxylic acids is 2. The summed E-state index contributed by atoms with van der Waals surface area (Å²) in [6.45, 7) is 0.109. The van der Waals surface area contributed by atoms with Gasteiger partial charge in [0.05, 0.1) is 35.5 Å². The molecule has 4 rings (SSSR count). The summed E-state index contributed by atoms with van der Waals surface area (Å²) in [5.74, 6) is -1.77. The van der Waals surface area contributed by atoms with Crippen LogP contribution in [-0.2, 0) is 16.1 Å². The number of nitrogens with zero attached hydrogens (tertiary/aromatic N) is 2. The maximum atomic E-state index is 13.1. The van der Waals surface area contributed by atoms with Gasteiger partial charge < -0.3 is 14.7 Å². The minimum absolute atomic E-state index is 0.0555. The first-order valence-corrected chi connectivity index (χ1v) is 10.8. The van der Waals surface area contributed by atoms with Gasteiger partial charge in [-0.1, -0.05) is 35.3 Å². The van der Waals surface area contributed by atoms with E-state index in [1.807, 2.05) is 17.5 Å². The zero-order valence-corrected chi connectivity index (χ0v) is 18.5. The second-order valence-corrected chi connectivity index (χ2v) is 8.55. The fraction of sp³-hybridized carbons (Fsp3) is 0.136. The number of pyridine rings is 1. The number of ketones is 1. The molecule has 0 saturated carbocycles. The van der Waals surface area contributed by atoms with Gasteiger partial charge in [0.25, 0.3) is 11.7 Å². The molecule has 158 valence electrons. The number of aromatic nitrogens is 1. The highest BCUT2D eigenvalue weighted by molar-refractivity contribution is 7.10. The Bertz CT molecular complexity index is 1180. The standard InChI is InChI=1S/C22H16Cl2N2O4S/c1-30-21-14(9-12(23)10-15(21)24)19(27)17-18(16-6-4-8-31-16)26(22(29)20(17)28)11-13-5-2-3-7-25-13/h2-10,18,27H,11H2,1H3/b19-17-. The summed E-state index contributed by atoms with van der Waals surface area (Å²) in [5, 5.41) is 13.5. The van der Waals surface area contributed by atoms with Crippen molar-refractivity contribution >= 4 is 52.0 Å². The number of hydrogen-bond acceptors (Lipinski definition) is 6. The van der Waals surface area contributed by atoms with Gasteiger partial charge in [0, 0.05) is 16.1 Å². The van der Waals surface area contributed by atoms with Gasteiger partial charge in [-0.15, -0.1) is 11.3 Å². The van der Waals surface area contributed by atoms with Crippen LogP contribution < -0.4 is 4.74 Å². The predicted octanol–water partition coefficient (Wildman–Crippen LogP) is 5.08. The maximum Gasteiger partial charge on any atom is 0.296 e. The molecule has 0 bridgehead atoms. The van der Waals surface area contributed by atoms with Gasteiger partial charge in [0.2, 0.25) is 0 Å². The summed E-state index contributed by atoms with van der Waals surface area (Å²) in [5.41, 5.74) is 0.701. The number of rotatable bonds is 5. The average molecular weight is 475 g/mol. The van der Waals surface area contributed by atoms with Gasteiger partial charge in [-0.3, -0.25) is 14.6 Å². The number of carbonyl (C=O) groups is 2. The van der Waals surface area contributed by atoms with E-state index in [1.165, 1.54) is 35.5 Å². The van der Waals surface area contributed by atoms with E-state index in [0.717, 1.165) is 4.88 Å². The Morgan fingerprint density at radius 1 is 1.23 bits per heavy atom. The number of amides is 1. The van der Waals surface area contributed by atoms with Crippen molar-refractivity contribution in [2.24, 2.45) is 0 Å². The van der Waals surface area contributed by atoms with Gasteiger partial charge in [0.15, 0.2) is 0 Å². The molecule has 2 aromatic heterocycles. The Kier molecular flexibility index (Phi) is 6.00. The van der Waals surface area contributed by atoms with E-state index in [9.17, 15) is 14.7 Å². The normalized spacial score (nSPS) is 17.9. The summed E-state index contributed by atoms with van der Waals surface area (Å²) in [7, 11) is 1.39. The quantitative estimate of drug-likeness (QED) is 0.316. The van der Waals surface area contributed by atoms with Crippen molar-refractivity contribution in [3.05, 3.63) is 85.8 Å². The van der Waals surface area contributed by atoms with Crippen LogP contribution in [0.1, 0.15) is 22.2 Å². The van der Waals surface area contributed by atoms with Crippen molar-refractivity contribution < 1.29 is 19.4 Å². The number of methoxy groups -OCH3 is 1. The molecule has 9 heteroatoms. The zero-order chi connectivity index (χ0) is 22.1. The number of hydrogen-bond donors (Lipinski definition) is 1. The van der Waals surface area contributed by atoms with E-state index >= 15 is 0 Å². The topological polar surface area (TPSA) is 79.7 Å². The molecule has 1 aliphatic rings. The van der Waals surface area contributed by atoms with Crippen molar-refractivity contribution in [3.63, 3.8) is 0 Å². The summed E-state index contributed by atoms with van der Waals surface area (Å²) in [6.07, 6.45) is 1.62. The Morgan fingerprint density at radius 2 is 2.03 bits per heavy atom. The molecular weight excluding hydrogens is 459 g/mol. The smallest absolute Gasteiger partial charge is 0.296 e. The van der Waals surface area contributed by atoms with Crippen LogP contribution in [0.25, 0.3) is 5.76 Å². The molecule has 1 unspecified atom stereocenters. The molecule has 1 N–H and O–H groups in total. The third-order valence-electron chi connectivity index (χ3n) is 4.88. The number of ether oxygens (including phenoxy) is 1. The molecule has 31 heavy (non-hydrogen) atoms. The van der Waals surface area contributed by atoms with Crippen LogP contribution >= 0.6 is 34.5 Å². The third-order valence-corrected chi connectivity index (χ3v) is 6.30. The summed E-state index contributed by atoms with van der Waals surface area (Å²) in [4.78, 5) is 32.4. The highest BCUT2D eigenvalue weighted by Crippen LogP contribution is 2.44. The van der Waals surface area contributed by atoms with Crippen LogP contribution in [0.4, 0.5) is 0 Å². The molecule has 1 aromatic carbocycles. The van der Waals surface area contributed by atoms with E-state index in [1.54, 1.807) is 24.4 Å². The second kappa shape index (κ2) is 8.70. The third kappa shape index (κ3) is 3.92. The van der Waals surface area contributed by atoms with Gasteiger partial charge in [0.1, 0.15) is 17.6 Å². The van der Waals surface area contributed by atoms with E-state index in [2.05, 4.69) is 4.98 Å². The fourth-order valence-electron chi connectivity index (χ4n) is 3.54. The molecule has 1 aliphatic heterocycles. The summed E-state index contributed by atoms with van der Waals surface area (Å²) in [6, 6.07) is 11.1. The number of aliphatic hydroxyl groups is 1. The molecule has 0 spiro atoms. The highest BCUT2D eigenvalue weighted by atomic mass is 35.5. The molecule has 1 saturated heterocycles. The molecule has 6 nitrogen and oxygen atoms in total. The Balaban J connectivity index is 1.90. The van der Waals surface area contributed by atoms with Crippen molar-refractivity contribution in [1.82, 2.24) is 9.88 Å². The number of benzene rings is 1. The lowest BCUT2D eigenvalue weighted by molar-refractivity contribution is -0.140. The maximum absolute atomic E-state index is 13.1. The first-order chi connectivity index (χ1) is 14.9. The monoisotopic (exact) mass is 474 g/mol. The summed E-state index contributed by atoms with van der Waals surface area (Å²) < 4.78 is 5.32. The van der Waals surface area contributed by atoms with Crippen LogP contribution in [0.3, 0.4) is 0 Å². The van der Waals surface area contributed by atoms with E-state index in [0.29, 0.717) is 5.69 Å². The molecular formula is C22H16Cl2N2O4S. The van der Waals surface area contributed by atoms with Crippen molar-refractivity contribution in [2.75, 3.05) is 7.11 Å². The van der Waals surface area contributed by atoms with E-state index < -0.39 is 23.5 Å². The first-order valence-electron chi connectivity index (χ1n) is 9.17. The predicted molar refractivity (Wildman–Crippen MR) is 119 cm³/mol.